The van der Waals surface area contributed by atoms with Gasteiger partial charge in [-0.05, 0) is 66.4 Å². The van der Waals surface area contributed by atoms with Crippen molar-refractivity contribution in [3.63, 3.8) is 0 Å². The molecule has 1 fully saturated rings. The van der Waals surface area contributed by atoms with Crippen molar-refractivity contribution in [2.45, 2.75) is 39.3 Å². The van der Waals surface area contributed by atoms with Gasteiger partial charge >= 0.3 is 0 Å². The van der Waals surface area contributed by atoms with Crippen LogP contribution in [0.3, 0.4) is 0 Å². The van der Waals surface area contributed by atoms with E-state index in [9.17, 15) is 4.39 Å². The van der Waals surface area contributed by atoms with Gasteiger partial charge in [-0.3, -0.25) is 0 Å². The average Bonchev–Trinajstić information content (AvgIpc) is 3.21. The number of hydrogen-bond acceptors (Lipinski definition) is 2. The normalized spacial score (nSPS) is 14.8. The van der Waals surface area contributed by atoms with E-state index >= 15 is 0 Å². The molecule has 1 aliphatic rings. The molecule has 0 saturated heterocycles. The maximum atomic E-state index is 13.5. The molecule has 5 heteroatoms. The van der Waals surface area contributed by atoms with Gasteiger partial charge in [0, 0.05) is 12.6 Å². The third-order valence-corrected chi connectivity index (χ3v) is 4.78. The SMILES string of the molecule is Cc1nn(-c2ccc(F)cc2CNC2CC2)c(C)c1Br. The molecule has 106 valence electrons. The fourth-order valence-corrected chi connectivity index (χ4v) is 2.55. The maximum Gasteiger partial charge on any atom is 0.123 e. The zero-order valence-electron chi connectivity index (χ0n) is 11.6. The van der Waals surface area contributed by atoms with Crippen LogP contribution in [-0.2, 0) is 6.54 Å². The van der Waals surface area contributed by atoms with Crippen molar-refractivity contribution >= 4 is 15.9 Å². The zero-order chi connectivity index (χ0) is 14.3. The first kappa shape index (κ1) is 13.8. The van der Waals surface area contributed by atoms with Crippen LogP contribution < -0.4 is 5.32 Å². The summed E-state index contributed by atoms with van der Waals surface area (Å²) in [6.07, 6.45) is 2.44. The molecule has 0 aliphatic heterocycles. The largest absolute Gasteiger partial charge is 0.310 e. The van der Waals surface area contributed by atoms with Crippen molar-refractivity contribution < 1.29 is 4.39 Å². The van der Waals surface area contributed by atoms with E-state index < -0.39 is 0 Å². The van der Waals surface area contributed by atoms with Crippen molar-refractivity contribution in [3.05, 3.63) is 45.4 Å². The molecule has 2 aromatic rings. The topological polar surface area (TPSA) is 29.9 Å². The molecule has 3 nitrogen and oxygen atoms in total. The molecule has 1 aromatic carbocycles. The first-order valence-corrected chi connectivity index (χ1v) is 7.59. The number of halogens is 2. The molecule has 1 N–H and O–H groups in total. The molecule has 1 aromatic heterocycles. The standard InChI is InChI=1S/C15H17BrFN3/c1-9-15(16)10(2)20(19-9)14-6-3-12(17)7-11(14)8-18-13-4-5-13/h3,6-7,13,18H,4-5,8H2,1-2H3. The minimum Gasteiger partial charge on any atom is -0.310 e. The molecular weight excluding hydrogens is 321 g/mol. The molecule has 0 amide bonds. The lowest BCUT2D eigenvalue weighted by Gasteiger charge is -2.12. The molecule has 20 heavy (non-hydrogen) atoms. The van der Waals surface area contributed by atoms with Gasteiger partial charge in [-0.15, -0.1) is 0 Å². The number of rotatable bonds is 4. The van der Waals surface area contributed by atoms with Crippen LogP contribution in [0.2, 0.25) is 0 Å². The van der Waals surface area contributed by atoms with E-state index in [0.717, 1.165) is 27.1 Å². The highest BCUT2D eigenvalue weighted by molar-refractivity contribution is 9.10. The van der Waals surface area contributed by atoms with Crippen molar-refractivity contribution in [2.75, 3.05) is 0 Å². The van der Waals surface area contributed by atoms with Crippen LogP contribution in [0.25, 0.3) is 5.69 Å². The highest BCUT2D eigenvalue weighted by atomic mass is 79.9. The van der Waals surface area contributed by atoms with E-state index in [1.54, 1.807) is 12.1 Å². The number of benzene rings is 1. The van der Waals surface area contributed by atoms with Crippen LogP contribution in [0.1, 0.15) is 29.8 Å². The fourth-order valence-electron chi connectivity index (χ4n) is 2.30. The Hall–Kier alpha value is -1.20. The second-order valence-corrected chi connectivity index (χ2v) is 6.12. The van der Waals surface area contributed by atoms with Crippen LogP contribution in [-0.4, -0.2) is 15.8 Å². The number of aromatic nitrogens is 2. The molecular formula is C15H17BrFN3. The fraction of sp³-hybridized carbons (Fsp3) is 0.400. The van der Waals surface area contributed by atoms with Crippen LogP contribution in [0.5, 0.6) is 0 Å². The van der Waals surface area contributed by atoms with Gasteiger partial charge in [0.2, 0.25) is 0 Å². The minimum absolute atomic E-state index is 0.207. The van der Waals surface area contributed by atoms with Gasteiger partial charge in [0.05, 0.1) is 21.5 Å². The van der Waals surface area contributed by atoms with Gasteiger partial charge in [0.1, 0.15) is 5.82 Å². The Labute approximate surface area is 126 Å². The predicted molar refractivity (Wildman–Crippen MR) is 80.6 cm³/mol. The van der Waals surface area contributed by atoms with E-state index in [4.69, 9.17) is 0 Å². The summed E-state index contributed by atoms with van der Waals surface area (Å²) < 4.78 is 16.4. The molecule has 1 aliphatic carbocycles. The Bertz CT molecular complexity index is 647. The van der Waals surface area contributed by atoms with Gasteiger partial charge in [0.25, 0.3) is 0 Å². The Morgan fingerprint density at radius 3 is 2.75 bits per heavy atom. The Kier molecular flexibility index (Phi) is 3.65. The van der Waals surface area contributed by atoms with Gasteiger partial charge in [0.15, 0.2) is 0 Å². The summed E-state index contributed by atoms with van der Waals surface area (Å²) in [5.41, 5.74) is 3.84. The summed E-state index contributed by atoms with van der Waals surface area (Å²) in [6.45, 7) is 4.64. The van der Waals surface area contributed by atoms with E-state index in [0.29, 0.717) is 12.6 Å². The number of nitrogens with zero attached hydrogens (tertiary/aromatic N) is 2. The highest BCUT2D eigenvalue weighted by Crippen LogP contribution is 2.26. The van der Waals surface area contributed by atoms with Crippen LogP contribution in [0.4, 0.5) is 4.39 Å². The summed E-state index contributed by atoms with van der Waals surface area (Å²) in [5, 5.41) is 7.96. The molecule has 3 rings (SSSR count). The summed E-state index contributed by atoms with van der Waals surface area (Å²) >= 11 is 3.54. The summed E-state index contributed by atoms with van der Waals surface area (Å²) in [4.78, 5) is 0. The van der Waals surface area contributed by atoms with Gasteiger partial charge in [-0.25, -0.2) is 9.07 Å². The van der Waals surface area contributed by atoms with E-state index in [1.807, 2.05) is 18.5 Å². The Morgan fingerprint density at radius 2 is 2.15 bits per heavy atom. The molecule has 0 spiro atoms. The van der Waals surface area contributed by atoms with E-state index in [-0.39, 0.29) is 5.82 Å². The third-order valence-electron chi connectivity index (χ3n) is 3.63. The maximum absolute atomic E-state index is 13.5. The molecule has 0 atom stereocenters. The highest BCUT2D eigenvalue weighted by Gasteiger charge is 2.21. The van der Waals surface area contributed by atoms with Crippen molar-refractivity contribution in [2.24, 2.45) is 0 Å². The number of aryl methyl sites for hydroxylation is 1. The quantitative estimate of drug-likeness (QED) is 0.922. The second-order valence-electron chi connectivity index (χ2n) is 5.32. The Balaban J connectivity index is 2.00. The van der Waals surface area contributed by atoms with Gasteiger partial charge in [-0.2, -0.15) is 5.10 Å². The first-order valence-electron chi connectivity index (χ1n) is 6.80. The summed E-state index contributed by atoms with van der Waals surface area (Å²) in [5.74, 6) is -0.207. The molecule has 0 radical (unpaired) electrons. The van der Waals surface area contributed by atoms with Crippen molar-refractivity contribution in [1.82, 2.24) is 15.1 Å². The van der Waals surface area contributed by atoms with Crippen LogP contribution in [0, 0.1) is 19.7 Å². The lowest BCUT2D eigenvalue weighted by Crippen LogP contribution is -2.17. The molecule has 1 saturated carbocycles. The minimum atomic E-state index is -0.207. The van der Waals surface area contributed by atoms with E-state index in [2.05, 4.69) is 26.3 Å². The second kappa shape index (κ2) is 5.30. The predicted octanol–water partition coefficient (Wildman–Crippen LogP) is 3.64. The monoisotopic (exact) mass is 337 g/mol. The first-order chi connectivity index (χ1) is 9.56. The summed E-state index contributed by atoms with van der Waals surface area (Å²) in [6, 6.07) is 5.47. The number of hydrogen-bond donors (Lipinski definition) is 1. The molecule has 1 heterocycles. The van der Waals surface area contributed by atoms with Gasteiger partial charge in [-0.1, -0.05) is 0 Å². The van der Waals surface area contributed by atoms with Crippen molar-refractivity contribution in [1.29, 1.82) is 0 Å². The van der Waals surface area contributed by atoms with Crippen molar-refractivity contribution in [3.8, 4) is 5.69 Å². The van der Waals surface area contributed by atoms with E-state index in [1.165, 1.54) is 18.9 Å². The molecule has 0 bridgehead atoms. The smallest absolute Gasteiger partial charge is 0.123 e. The average molecular weight is 338 g/mol. The summed E-state index contributed by atoms with van der Waals surface area (Å²) in [7, 11) is 0. The number of nitrogens with one attached hydrogen (secondary N) is 1. The van der Waals surface area contributed by atoms with Gasteiger partial charge < -0.3 is 5.32 Å². The third kappa shape index (κ3) is 2.65. The lowest BCUT2D eigenvalue weighted by molar-refractivity contribution is 0.616. The molecule has 0 unspecified atom stereocenters. The Morgan fingerprint density at radius 1 is 1.40 bits per heavy atom. The van der Waals surface area contributed by atoms with Crippen LogP contribution >= 0.6 is 15.9 Å². The van der Waals surface area contributed by atoms with Crippen LogP contribution in [0.15, 0.2) is 22.7 Å². The lowest BCUT2D eigenvalue weighted by atomic mass is 10.1. The zero-order valence-corrected chi connectivity index (χ0v) is 13.2.